The van der Waals surface area contributed by atoms with Crippen LogP contribution in [0.1, 0.15) is 22.8 Å². The average molecular weight is 560 g/mol. The molecule has 210 valence electrons. The Kier molecular flexibility index (Phi) is 6.59. The fraction of sp³-hybridized carbons (Fsp3) is 0.346. The van der Waals surface area contributed by atoms with E-state index in [9.17, 15) is 33.3 Å². The van der Waals surface area contributed by atoms with Gasteiger partial charge in [0.25, 0.3) is 5.91 Å². The Morgan fingerprint density at radius 3 is 2.70 bits per heavy atom. The van der Waals surface area contributed by atoms with Gasteiger partial charge >= 0.3 is 0 Å². The number of amides is 1. The number of fused-ring (bicyclic) bond motifs is 1. The van der Waals surface area contributed by atoms with Crippen molar-refractivity contribution in [1.29, 1.82) is 0 Å². The Hall–Kier alpha value is -3.82. The first-order valence-corrected chi connectivity index (χ1v) is 12.4. The van der Waals surface area contributed by atoms with Crippen LogP contribution >= 0.6 is 0 Å². The lowest BCUT2D eigenvalue weighted by Gasteiger charge is -2.49. The standard InChI is InChI=1S/C26H23F3N4O7/c27-15-8-12(9-16(28)21(15)29)17-10-33(32-31-17)22-23(35)19(11-34)40-26(24(22)36)20(5-7-39-26)30-25(37)14-2-1-3-18-13(14)4-6-38-18/h1-4,6,8-10,19-20,22-24,34-36H,5,7,11H2,(H,30,37)/t19-,20-,22+,23+,24-,26+/m1/s1. The molecule has 0 bridgehead atoms. The molecule has 4 aromatic rings. The molecule has 0 unspecified atom stereocenters. The third kappa shape index (κ3) is 4.15. The number of nitrogens with zero attached hydrogens (tertiary/aromatic N) is 3. The monoisotopic (exact) mass is 560 g/mol. The molecule has 2 aromatic carbocycles. The maximum Gasteiger partial charge on any atom is 0.252 e. The van der Waals surface area contributed by atoms with Gasteiger partial charge in [-0.25, -0.2) is 17.9 Å². The molecule has 0 aliphatic carbocycles. The minimum Gasteiger partial charge on any atom is -0.464 e. The van der Waals surface area contributed by atoms with Crippen LogP contribution in [0.15, 0.2) is 53.3 Å². The Morgan fingerprint density at radius 2 is 1.95 bits per heavy atom. The Morgan fingerprint density at radius 1 is 1.18 bits per heavy atom. The van der Waals surface area contributed by atoms with Gasteiger partial charge in [-0.3, -0.25) is 4.79 Å². The number of aliphatic hydroxyl groups excluding tert-OH is 3. The van der Waals surface area contributed by atoms with Gasteiger partial charge in [-0.05, 0) is 36.8 Å². The van der Waals surface area contributed by atoms with Crippen LogP contribution in [0.4, 0.5) is 13.2 Å². The predicted molar refractivity (Wildman–Crippen MR) is 129 cm³/mol. The number of benzene rings is 2. The highest BCUT2D eigenvalue weighted by Crippen LogP contribution is 2.43. The van der Waals surface area contributed by atoms with Crippen LogP contribution in [-0.2, 0) is 9.47 Å². The quantitative estimate of drug-likeness (QED) is 0.267. The molecule has 11 nitrogen and oxygen atoms in total. The van der Waals surface area contributed by atoms with E-state index < -0.39 is 66.1 Å². The number of furan rings is 1. The van der Waals surface area contributed by atoms with Crippen molar-refractivity contribution < 1.29 is 47.2 Å². The van der Waals surface area contributed by atoms with Crippen molar-refractivity contribution in [2.75, 3.05) is 13.2 Å². The molecule has 2 aliphatic heterocycles. The normalized spacial score (nSPS) is 28.4. The molecular formula is C26H23F3N4O7. The van der Waals surface area contributed by atoms with E-state index in [1.54, 1.807) is 24.3 Å². The number of hydrogen-bond acceptors (Lipinski definition) is 9. The molecule has 6 rings (SSSR count). The van der Waals surface area contributed by atoms with Crippen LogP contribution in [-0.4, -0.2) is 79.6 Å². The number of nitrogens with one attached hydrogen (secondary N) is 1. The lowest BCUT2D eigenvalue weighted by atomic mass is 9.86. The smallest absolute Gasteiger partial charge is 0.252 e. The molecule has 0 radical (unpaired) electrons. The van der Waals surface area contributed by atoms with Crippen molar-refractivity contribution in [1.82, 2.24) is 20.3 Å². The van der Waals surface area contributed by atoms with E-state index in [0.717, 1.165) is 16.8 Å². The highest BCUT2D eigenvalue weighted by Gasteiger charge is 2.62. The summed E-state index contributed by atoms with van der Waals surface area (Å²) in [4.78, 5) is 13.3. The summed E-state index contributed by atoms with van der Waals surface area (Å²) in [5.74, 6) is -6.91. The van der Waals surface area contributed by atoms with Crippen molar-refractivity contribution in [3.05, 3.63) is 71.9 Å². The lowest BCUT2D eigenvalue weighted by molar-refractivity contribution is -0.344. The maximum absolute atomic E-state index is 13.8. The Bertz CT molecular complexity index is 1560. The van der Waals surface area contributed by atoms with Gasteiger partial charge in [0.2, 0.25) is 5.79 Å². The number of carbonyl (C=O) groups excluding carboxylic acids is 1. The average Bonchev–Trinajstić information content (AvgIpc) is 3.70. The van der Waals surface area contributed by atoms with Gasteiger partial charge in [0, 0.05) is 10.9 Å². The van der Waals surface area contributed by atoms with Crippen molar-refractivity contribution in [2.24, 2.45) is 0 Å². The second kappa shape index (κ2) is 9.98. The first-order chi connectivity index (χ1) is 19.2. The number of aromatic nitrogens is 3. The number of rotatable bonds is 5. The Balaban J connectivity index is 1.32. The zero-order chi connectivity index (χ0) is 28.2. The molecule has 40 heavy (non-hydrogen) atoms. The zero-order valence-electron chi connectivity index (χ0n) is 20.6. The summed E-state index contributed by atoms with van der Waals surface area (Å²) in [5.41, 5.74) is 0.602. The second-order valence-corrected chi connectivity index (χ2v) is 9.63. The number of aliphatic hydroxyl groups is 3. The Labute approximate surface area is 223 Å². The second-order valence-electron chi connectivity index (χ2n) is 9.63. The molecule has 4 heterocycles. The molecule has 4 N–H and O–H groups in total. The zero-order valence-corrected chi connectivity index (χ0v) is 20.6. The maximum atomic E-state index is 13.8. The summed E-state index contributed by atoms with van der Waals surface area (Å²) in [6.45, 7) is -0.615. The number of carbonyl (C=O) groups is 1. The molecule has 2 saturated heterocycles. The molecule has 2 aliphatic rings. The number of ether oxygens (including phenoxy) is 2. The molecule has 1 spiro atoms. The SMILES string of the molecule is O=C(N[C@@H]1CCO[C@]12O[C@H](CO)[C@H](O)[C@H](n1cc(-c3cc(F)c(F)c(F)c3)nn1)[C@H]2O)c1cccc2occc12. The summed E-state index contributed by atoms with van der Waals surface area (Å²) in [7, 11) is 0. The first-order valence-electron chi connectivity index (χ1n) is 12.4. The van der Waals surface area contributed by atoms with E-state index in [1.165, 1.54) is 12.5 Å². The van der Waals surface area contributed by atoms with Crippen LogP contribution in [0.25, 0.3) is 22.2 Å². The van der Waals surface area contributed by atoms with E-state index in [-0.39, 0.29) is 24.3 Å². The minimum absolute atomic E-state index is 0.0651. The van der Waals surface area contributed by atoms with Gasteiger partial charge in [-0.15, -0.1) is 5.10 Å². The summed E-state index contributed by atoms with van der Waals surface area (Å²) >= 11 is 0. The van der Waals surface area contributed by atoms with Crippen molar-refractivity contribution in [3.63, 3.8) is 0 Å². The van der Waals surface area contributed by atoms with Crippen molar-refractivity contribution >= 4 is 16.9 Å². The summed E-state index contributed by atoms with van der Waals surface area (Å²) < 4.78 is 59.2. The van der Waals surface area contributed by atoms with E-state index >= 15 is 0 Å². The van der Waals surface area contributed by atoms with Gasteiger partial charge in [0.1, 0.15) is 35.6 Å². The van der Waals surface area contributed by atoms with Gasteiger partial charge in [0.05, 0.1) is 37.3 Å². The number of hydrogen-bond donors (Lipinski definition) is 4. The third-order valence-electron chi connectivity index (χ3n) is 7.34. The molecule has 2 fully saturated rings. The van der Waals surface area contributed by atoms with Crippen LogP contribution in [0.3, 0.4) is 0 Å². The fourth-order valence-electron chi connectivity index (χ4n) is 5.37. The van der Waals surface area contributed by atoms with Crippen LogP contribution < -0.4 is 5.32 Å². The van der Waals surface area contributed by atoms with Crippen LogP contribution in [0, 0.1) is 17.5 Å². The largest absolute Gasteiger partial charge is 0.464 e. The van der Waals surface area contributed by atoms with Crippen molar-refractivity contribution in [3.8, 4) is 11.3 Å². The molecule has 6 atom stereocenters. The topological polar surface area (TPSA) is 152 Å². The summed E-state index contributed by atoms with van der Waals surface area (Å²) in [5, 5.41) is 43.7. The molecule has 14 heteroatoms. The van der Waals surface area contributed by atoms with Gasteiger partial charge in [-0.2, -0.15) is 0 Å². The molecule has 2 aromatic heterocycles. The van der Waals surface area contributed by atoms with Gasteiger partial charge in [0.15, 0.2) is 17.5 Å². The predicted octanol–water partition coefficient (Wildman–Crippen LogP) is 1.68. The van der Waals surface area contributed by atoms with E-state index in [0.29, 0.717) is 16.5 Å². The van der Waals surface area contributed by atoms with Crippen LogP contribution in [0.5, 0.6) is 0 Å². The lowest BCUT2D eigenvalue weighted by Crippen LogP contribution is -2.69. The summed E-state index contributed by atoms with van der Waals surface area (Å²) in [6.07, 6.45) is -1.62. The van der Waals surface area contributed by atoms with Gasteiger partial charge in [-0.1, -0.05) is 11.3 Å². The highest BCUT2D eigenvalue weighted by atomic mass is 19.2. The van der Waals surface area contributed by atoms with Crippen LogP contribution in [0.2, 0.25) is 0 Å². The number of halogens is 3. The van der Waals surface area contributed by atoms with Gasteiger partial charge < -0.3 is 34.5 Å². The molecular weight excluding hydrogens is 537 g/mol. The third-order valence-corrected chi connectivity index (χ3v) is 7.34. The highest BCUT2D eigenvalue weighted by molar-refractivity contribution is 6.06. The van der Waals surface area contributed by atoms with E-state index in [4.69, 9.17) is 13.9 Å². The summed E-state index contributed by atoms with van der Waals surface area (Å²) in [6, 6.07) is 5.81. The van der Waals surface area contributed by atoms with E-state index in [1.807, 2.05) is 0 Å². The first kappa shape index (κ1) is 26.4. The fourth-order valence-corrected chi connectivity index (χ4v) is 5.37. The van der Waals surface area contributed by atoms with Crippen molar-refractivity contribution in [2.45, 2.75) is 42.6 Å². The molecule has 1 amide bonds. The minimum atomic E-state index is -1.91. The van der Waals surface area contributed by atoms with E-state index in [2.05, 4.69) is 15.6 Å². The molecule has 0 saturated carbocycles.